The van der Waals surface area contributed by atoms with Crippen LogP contribution >= 0.6 is 0 Å². The molecule has 2 aromatic heterocycles. The van der Waals surface area contributed by atoms with Gasteiger partial charge in [0.1, 0.15) is 11.9 Å². The van der Waals surface area contributed by atoms with Crippen molar-refractivity contribution in [2.24, 2.45) is 0 Å². The Morgan fingerprint density at radius 1 is 0.943 bits per heavy atom. The highest BCUT2D eigenvalue weighted by atomic mass is 16.5. The number of anilines is 4. The maximum atomic E-state index is 6.17. The molecule has 2 N–H and O–H groups in total. The highest BCUT2D eigenvalue weighted by molar-refractivity contribution is 5.62. The molecule has 35 heavy (non-hydrogen) atoms. The summed E-state index contributed by atoms with van der Waals surface area (Å²) >= 11 is 0. The number of nitrogens with zero attached hydrogens (tertiary/aromatic N) is 4. The van der Waals surface area contributed by atoms with Gasteiger partial charge < -0.3 is 25.0 Å². The Kier molecular flexibility index (Phi) is 5.68. The molecule has 186 valence electrons. The normalized spacial score (nSPS) is 24.1. The van der Waals surface area contributed by atoms with Crippen molar-refractivity contribution < 1.29 is 12.3 Å². The number of benzene rings is 1. The Balaban J connectivity index is 0.00000160. The molecule has 3 aromatic rings. The van der Waals surface area contributed by atoms with Gasteiger partial charge in [-0.05, 0) is 81.9 Å². The van der Waals surface area contributed by atoms with Gasteiger partial charge in [-0.15, -0.1) is 0 Å². The molecular weight excluding hydrogens is 440 g/mol. The first-order valence-corrected chi connectivity index (χ1v) is 12.4. The first kappa shape index (κ1) is 22.1. The number of nitrogens with one attached hydrogen (secondary N) is 2. The molecule has 8 nitrogen and oxygen atoms in total. The molecule has 2 heterocycles. The molecular formula is C27H36N6O2. The first-order valence-electron chi connectivity index (χ1n) is 12.4. The van der Waals surface area contributed by atoms with E-state index in [2.05, 4.69) is 45.7 Å². The second-order valence-corrected chi connectivity index (χ2v) is 10.1. The first-order chi connectivity index (χ1) is 17.1. The Morgan fingerprint density at radius 2 is 1.80 bits per heavy atom. The predicted octanol–water partition coefficient (Wildman–Crippen LogP) is 5.70. The lowest BCUT2D eigenvalue weighted by atomic mass is 9.88. The van der Waals surface area contributed by atoms with Crippen LogP contribution in [0.3, 0.4) is 0 Å². The van der Waals surface area contributed by atoms with Crippen molar-refractivity contribution in [3.05, 3.63) is 54.0 Å². The molecule has 3 aliphatic carbocycles. The number of fused-ring (bicyclic) bond motifs is 5. The number of aromatic nitrogens is 3. The SMILES string of the molecule is COc1cc(Nc2nccc(Nc3cnc4c(c3)C3CCC4C3)n2)ccc1OC1CC(N(C)C)C1.[HH].[HH]. The number of hydrogen-bond acceptors (Lipinski definition) is 8. The van der Waals surface area contributed by atoms with E-state index >= 15 is 0 Å². The van der Waals surface area contributed by atoms with E-state index in [1.54, 1.807) is 13.3 Å². The highest BCUT2D eigenvalue weighted by Crippen LogP contribution is 2.52. The zero-order valence-corrected chi connectivity index (χ0v) is 20.5. The number of pyridine rings is 1. The molecule has 2 unspecified atom stereocenters. The van der Waals surface area contributed by atoms with E-state index in [-0.39, 0.29) is 8.96 Å². The lowest BCUT2D eigenvalue weighted by Gasteiger charge is -2.39. The van der Waals surface area contributed by atoms with E-state index in [1.165, 1.54) is 30.5 Å². The third-order valence-electron chi connectivity index (χ3n) is 7.65. The zero-order valence-electron chi connectivity index (χ0n) is 20.5. The molecule has 2 saturated carbocycles. The fourth-order valence-electron chi connectivity index (χ4n) is 5.58. The van der Waals surface area contributed by atoms with Gasteiger partial charge in [0.15, 0.2) is 11.5 Å². The number of ether oxygens (including phenoxy) is 2. The predicted molar refractivity (Wildman–Crippen MR) is 141 cm³/mol. The monoisotopic (exact) mass is 476 g/mol. The van der Waals surface area contributed by atoms with Crippen LogP contribution in [-0.4, -0.2) is 53.2 Å². The average Bonchev–Trinajstić information content (AvgIpc) is 3.44. The number of hydrogen-bond donors (Lipinski definition) is 2. The van der Waals surface area contributed by atoms with E-state index in [0.717, 1.165) is 35.8 Å². The summed E-state index contributed by atoms with van der Waals surface area (Å²) in [5, 5.41) is 6.67. The van der Waals surface area contributed by atoms with Crippen LogP contribution in [0.5, 0.6) is 11.5 Å². The van der Waals surface area contributed by atoms with Crippen LogP contribution in [0.1, 0.15) is 58.1 Å². The van der Waals surface area contributed by atoms with Crippen LogP contribution in [0.15, 0.2) is 42.7 Å². The Hall–Kier alpha value is -3.39. The van der Waals surface area contributed by atoms with Gasteiger partial charge in [0.25, 0.3) is 0 Å². The van der Waals surface area contributed by atoms with Gasteiger partial charge in [-0.3, -0.25) is 4.98 Å². The van der Waals surface area contributed by atoms with Crippen molar-refractivity contribution in [2.75, 3.05) is 31.8 Å². The number of methoxy groups -OCH3 is 1. The van der Waals surface area contributed by atoms with Gasteiger partial charge >= 0.3 is 0 Å². The lowest BCUT2D eigenvalue weighted by Crippen LogP contribution is -2.46. The van der Waals surface area contributed by atoms with Crippen molar-refractivity contribution in [1.29, 1.82) is 0 Å². The second kappa shape index (κ2) is 9.00. The van der Waals surface area contributed by atoms with Crippen LogP contribution in [-0.2, 0) is 0 Å². The molecule has 2 fully saturated rings. The number of rotatable bonds is 8. The standard InChI is InChI=1S/C27H32N6O2.2H2/c1-33(2)20-13-21(14-20)35-23-7-6-18(12-24(23)34-3)31-27-28-9-8-25(32-27)30-19-11-22-16-4-5-17(10-16)26(22)29-15-19;;/h6-9,11-12,15-17,20-21H,4-5,10,13-14H2,1-3H3,(H2,28,30,31,32);2*1H. The molecule has 3 aliphatic rings. The minimum Gasteiger partial charge on any atom is -0.493 e. The fraction of sp³-hybridized carbons (Fsp3) is 0.444. The van der Waals surface area contributed by atoms with E-state index in [1.807, 2.05) is 30.5 Å². The van der Waals surface area contributed by atoms with E-state index in [9.17, 15) is 0 Å². The molecule has 0 spiro atoms. The molecule has 8 heteroatoms. The minimum absolute atomic E-state index is 0. The summed E-state index contributed by atoms with van der Waals surface area (Å²) in [7, 11) is 5.88. The molecule has 2 bridgehead atoms. The van der Waals surface area contributed by atoms with Crippen molar-refractivity contribution in [3.8, 4) is 11.5 Å². The Labute approximate surface area is 209 Å². The second-order valence-electron chi connectivity index (χ2n) is 10.1. The zero-order chi connectivity index (χ0) is 23.9. The van der Waals surface area contributed by atoms with Crippen LogP contribution < -0.4 is 20.1 Å². The highest BCUT2D eigenvalue weighted by Gasteiger charge is 2.38. The smallest absolute Gasteiger partial charge is 0.229 e. The minimum atomic E-state index is 0. The van der Waals surface area contributed by atoms with Crippen LogP contribution in [0.25, 0.3) is 0 Å². The maximum absolute atomic E-state index is 6.17. The molecule has 0 radical (unpaired) electrons. The van der Waals surface area contributed by atoms with E-state index in [4.69, 9.17) is 14.5 Å². The summed E-state index contributed by atoms with van der Waals surface area (Å²) in [6.07, 6.45) is 9.79. The molecule has 0 saturated heterocycles. The summed E-state index contributed by atoms with van der Waals surface area (Å²) in [5.41, 5.74) is 4.51. The van der Waals surface area contributed by atoms with Gasteiger partial charge in [0.2, 0.25) is 5.95 Å². The Morgan fingerprint density at radius 3 is 2.63 bits per heavy atom. The molecule has 1 aromatic carbocycles. The van der Waals surface area contributed by atoms with Gasteiger partial charge in [0.05, 0.1) is 19.0 Å². The summed E-state index contributed by atoms with van der Waals surface area (Å²) < 4.78 is 11.8. The van der Waals surface area contributed by atoms with Gasteiger partial charge in [-0.2, -0.15) is 4.98 Å². The van der Waals surface area contributed by atoms with Crippen molar-refractivity contribution in [3.63, 3.8) is 0 Å². The van der Waals surface area contributed by atoms with Crippen LogP contribution in [0.2, 0.25) is 0 Å². The maximum Gasteiger partial charge on any atom is 0.229 e. The van der Waals surface area contributed by atoms with Gasteiger partial charge in [0, 0.05) is 38.5 Å². The topological polar surface area (TPSA) is 84.4 Å². The molecule has 0 amide bonds. The van der Waals surface area contributed by atoms with Gasteiger partial charge in [-0.25, -0.2) is 4.98 Å². The van der Waals surface area contributed by atoms with Crippen LogP contribution in [0, 0.1) is 0 Å². The molecule has 6 rings (SSSR count). The summed E-state index contributed by atoms with van der Waals surface area (Å²) in [4.78, 5) is 16.0. The largest absolute Gasteiger partial charge is 0.493 e. The Bertz CT molecular complexity index is 1240. The van der Waals surface area contributed by atoms with E-state index in [0.29, 0.717) is 29.6 Å². The lowest BCUT2D eigenvalue weighted by molar-refractivity contribution is 0.0383. The van der Waals surface area contributed by atoms with E-state index < -0.39 is 0 Å². The van der Waals surface area contributed by atoms with Crippen molar-refractivity contribution >= 4 is 23.1 Å². The summed E-state index contributed by atoms with van der Waals surface area (Å²) in [6, 6.07) is 10.5. The summed E-state index contributed by atoms with van der Waals surface area (Å²) in [5.74, 6) is 4.01. The van der Waals surface area contributed by atoms with Gasteiger partial charge in [-0.1, -0.05) is 0 Å². The molecule has 0 aliphatic heterocycles. The van der Waals surface area contributed by atoms with Crippen molar-refractivity contribution in [1.82, 2.24) is 19.9 Å². The fourth-order valence-corrected chi connectivity index (χ4v) is 5.58. The third-order valence-corrected chi connectivity index (χ3v) is 7.65. The third kappa shape index (κ3) is 4.38. The summed E-state index contributed by atoms with van der Waals surface area (Å²) in [6.45, 7) is 0. The quantitative estimate of drug-likeness (QED) is 0.429. The molecule has 2 atom stereocenters. The van der Waals surface area contributed by atoms with Crippen LogP contribution in [0.4, 0.5) is 23.1 Å². The average molecular weight is 477 g/mol. The van der Waals surface area contributed by atoms with Crippen molar-refractivity contribution in [2.45, 2.75) is 56.1 Å².